The standard InChI is InChI=1S/C15H20N2O2/c16-7-5-11-9-17(14-4-2-1-3-13(11)14)15(18)12-6-8-19-10-12/h1-4,11-12H,5-10,16H2. The number of para-hydroxylation sites is 1. The summed E-state index contributed by atoms with van der Waals surface area (Å²) in [6.07, 6.45) is 1.78. The van der Waals surface area contributed by atoms with Gasteiger partial charge in [0.15, 0.2) is 0 Å². The van der Waals surface area contributed by atoms with E-state index in [1.54, 1.807) is 0 Å². The molecule has 102 valence electrons. The number of ether oxygens (including phenoxy) is 1. The van der Waals surface area contributed by atoms with Crippen LogP contribution in [-0.4, -0.2) is 32.2 Å². The van der Waals surface area contributed by atoms with Crippen LogP contribution < -0.4 is 10.6 Å². The molecule has 0 bridgehead atoms. The largest absolute Gasteiger partial charge is 0.381 e. The van der Waals surface area contributed by atoms with Gasteiger partial charge in [0.1, 0.15) is 0 Å². The van der Waals surface area contributed by atoms with Crippen molar-refractivity contribution in [2.24, 2.45) is 11.7 Å². The summed E-state index contributed by atoms with van der Waals surface area (Å²) in [5.74, 6) is 0.627. The molecular formula is C15H20N2O2. The van der Waals surface area contributed by atoms with Crippen LogP contribution in [-0.2, 0) is 9.53 Å². The molecule has 0 aliphatic carbocycles. The van der Waals surface area contributed by atoms with Crippen LogP contribution in [0.25, 0.3) is 0 Å². The second kappa shape index (κ2) is 5.31. The molecule has 1 aromatic rings. The summed E-state index contributed by atoms with van der Waals surface area (Å²) in [6, 6.07) is 8.19. The quantitative estimate of drug-likeness (QED) is 0.896. The van der Waals surface area contributed by atoms with Gasteiger partial charge in [-0.15, -0.1) is 0 Å². The molecule has 2 aliphatic rings. The van der Waals surface area contributed by atoms with Crippen molar-refractivity contribution in [1.82, 2.24) is 0 Å². The Balaban J connectivity index is 1.85. The van der Waals surface area contributed by atoms with E-state index in [0.717, 1.165) is 25.1 Å². The molecule has 19 heavy (non-hydrogen) atoms. The number of nitrogens with zero attached hydrogens (tertiary/aromatic N) is 1. The number of amides is 1. The molecule has 2 heterocycles. The van der Waals surface area contributed by atoms with Crippen molar-refractivity contribution in [1.29, 1.82) is 0 Å². The fraction of sp³-hybridized carbons (Fsp3) is 0.533. The zero-order chi connectivity index (χ0) is 13.2. The number of anilines is 1. The lowest BCUT2D eigenvalue weighted by atomic mass is 9.98. The molecule has 1 aromatic carbocycles. The van der Waals surface area contributed by atoms with E-state index in [2.05, 4.69) is 6.07 Å². The molecule has 2 N–H and O–H groups in total. The Morgan fingerprint density at radius 3 is 3.00 bits per heavy atom. The molecule has 1 saturated heterocycles. The van der Waals surface area contributed by atoms with Crippen LogP contribution in [0.15, 0.2) is 24.3 Å². The fourth-order valence-corrected chi connectivity index (χ4v) is 3.10. The SMILES string of the molecule is NCCC1CN(C(=O)C2CCOC2)c2ccccc21. The lowest BCUT2D eigenvalue weighted by Gasteiger charge is -2.21. The molecule has 2 atom stereocenters. The second-order valence-electron chi connectivity index (χ2n) is 5.34. The van der Waals surface area contributed by atoms with E-state index in [9.17, 15) is 4.79 Å². The number of benzene rings is 1. The van der Waals surface area contributed by atoms with Gasteiger partial charge in [-0.25, -0.2) is 0 Å². The van der Waals surface area contributed by atoms with Crippen LogP contribution in [0.4, 0.5) is 5.69 Å². The summed E-state index contributed by atoms with van der Waals surface area (Å²) in [7, 11) is 0. The third-order valence-corrected chi connectivity index (χ3v) is 4.13. The number of carbonyl (C=O) groups is 1. The molecular weight excluding hydrogens is 240 g/mol. The molecule has 0 spiro atoms. The van der Waals surface area contributed by atoms with Crippen LogP contribution in [0.3, 0.4) is 0 Å². The van der Waals surface area contributed by atoms with Gasteiger partial charge in [0.2, 0.25) is 5.91 Å². The number of hydrogen-bond donors (Lipinski definition) is 1. The van der Waals surface area contributed by atoms with E-state index in [4.69, 9.17) is 10.5 Å². The number of nitrogens with two attached hydrogens (primary N) is 1. The number of rotatable bonds is 3. The number of fused-ring (bicyclic) bond motifs is 1. The molecule has 3 rings (SSSR count). The lowest BCUT2D eigenvalue weighted by Crippen LogP contribution is -2.35. The molecule has 4 nitrogen and oxygen atoms in total. The van der Waals surface area contributed by atoms with Gasteiger partial charge in [-0.1, -0.05) is 18.2 Å². The third-order valence-electron chi connectivity index (χ3n) is 4.13. The molecule has 2 unspecified atom stereocenters. The van der Waals surface area contributed by atoms with Gasteiger partial charge in [-0.2, -0.15) is 0 Å². The minimum atomic E-state index is 0.0321. The van der Waals surface area contributed by atoms with Crippen molar-refractivity contribution < 1.29 is 9.53 Å². The predicted molar refractivity (Wildman–Crippen MR) is 74.1 cm³/mol. The maximum atomic E-state index is 12.6. The van der Waals surface area contributed by atoms with E-state index >= 15 is 0 Å². The molecule has 1 amide bonds. The first-order valence-corrected chi connectivity index (χ1v) is 6.99. The first kappa shape index (κ1) is 12.6. The normalized spacial score (nSPS) is 25.6. The maximum Gasteiger partial charge on any atom is 0.232 e. The summed E-state index contributed by atoms with van der Waals surface area (Å²) in [5, 5.41) is 0. The van der Waals surface area contributed by atoms with Gasteiger partial charge in [-0.3, -0.25) is 4.79 Å². The Labute approximate surface area is 113 Å². The van der Waals surface area contributed by atoms with Crippen LogP contribution in [0.1, 0.15) is 24.3 Å². The van der Waals surface area contributed by atoms with E-state index in [1.165, 1.54) is 5.56 Å². The Bertz CT molecular complexity index is 469. The van der Waals surface area contributed by atoms with E-state index in [-0.39, 0.29) is 11.8 Å². The van der Waals surface area contributed by atoms with Gasteiger partial charge in [-0.05, 0) is 31.0 Å². The van der Waals surface area contributed by atoms with Gasteiger partial charge in [0.05, 0.1) is 12.5 Å². The van der Waals surface area contributed by atoms with Crippen LogP contribution >= 0.6 is 0 Å². The first-order chi connectivity index (χ1) is 9.31. The van der Waals surface area contributed by atoms with E-state index < -0.39 is 0 Å². The van der Waals surface area contributed by atoms with Gasteiger partial charge < -0.3 is 15.4 Å². The average Bonchev–Trinajstić information content (AvgIpc) is 3.07. The Kier molecular flexibility index (Phi) is 3.53. The highest BCUT2D eigenvalue weighted by Crippen LogP contribution is 2.38. The molecule has 0 saturated carbocycles. The molecule has 4 heteroatoms. The minimum absolute atomic E-state index is 0.0321. The zero-order valence-corrected chi connectivity index (χ0v) is 11.0. The Hall–Kier alpha value is -1.39. The Morgan fingerprint density at radius 1 is 1.42 bits per heavy atom. The minimum Gasteiger partial charge on any atom is -0.381 e. The lowest BCUT2D eigenvalue weighted by molar-refractivity contribution is -0.122. The summed E-state index contributed by atoms with van der Waals surface area (Å²) in [4.78, 5) is 14.5. The van der Waals surface area contributed by atoms with E-state index in [0.29, 0.717) is 25.7 Å². The summed E-state index contributed by atoms with van der Waals surface area (Å²) >= 11 is 0. The van der Waals surface area contributed by atoms with Gasteiger partial charge >= 0.3 is 0 Å². The van der Waals surface area contributed by atoms with Crippen molar-refractivity contribution in [3.8, 4) is 0 Å². The highest BCUT2D eigenvalue weighted by Gasteiger charge is 2.35. The monoisotopic (exact) mass is 260 g/mol. The van der Waals surface area contributed by atoms with Crippen molar-refractivity contribution in [3.05, 3.63) is 29.8 Å². The van der Waals surface area contributed by atoms with Crippen LogP contribution in [0.5, 0.6) is 0 Å². The van der Waals surface area contributed by atoms with Crippen molar-refractivity contribution in [2.45, 2.75) is 18.8 Å². The third kappa shape index (κ3) is 2.26. The van der Waals surface area contributed by atoms with Gasteiger partial charge in [0.25, 0.3) is 0 Å². The molecule has 2 aliphatic heterocycles. The van der Waals surface area contributed by atoms with E-state index in [1.807, 2.05) is 23.1 Å². The molecule has 0 radical (unpaired) electrons. The highest BCUT2D eigenvalue weighted by molar-refractivity contribution is 5.97. The van der Waals surface area contributed by atoms with Crippen LogP contribution in [0, 0.1) is 5.92 Å². The molecule has 1 fully saturated rings. The summed E-state index contributed by atoms with van der Waals surface area (Å²) in [5.41, 5.74) is 8.02. The predicted octanol–water partition coefficient (Wildman–Crippen LogP) is 1.50. The average molecular weight is 260 g/mol. The topological polar surface area (TPSA) is 55.6 Å². The van der Waals surface area contributed by atoms with Crippen LogP contribution in [0.2, 0.25) is 0 Å². The summed E-state index contributed by atoms with van der Waals surface area (Å²) < 4.78 is 5.33. The van der Waals surface area contributed by atoms with Crippen molar-refractivity contribution in [3.63, 3.8) is 0 Å². The number of carbonyl (C=O) groups excluding carboxylic acids is 1. The van der Waals surface area contributed by atoms with Crippen molar-refractivity contribution >= 4 is 11.6 Å². The zero-order valence-electron chi connectivity index (χ0n) is 11.0. The second-order valence-corrected chi connectivity index (χ2v) is 5.34. The smallest absolute Gasteiger partial charge is 0.232 e. The molecule has 0 aromatic heterocycles. The van der Waals surface area contributed by atoms with Gasteiger partial charge in [0, 0.05) is 24.8 Å². The number of hydrogen-bond acceptors (Lipinski definition) is 3. The highest BCUT2D eigenvalue weighted by atomic mass is 16.5. The van der Waals surface area contributed by atoms with Crippen molar-refractivity contribution in [2.75, 3.05) is 31.2 Å². The summed E-state index contributed by atoms with van der Waals surface area (Å²) in [6.45, 7) is 2.70. The fourth-order valence-electron chi connectivity index (χ4n) is 3.10. The Morgan fingerprint density at radius 2 is 2.26 bits per heavy atom. The first-order valence-electron chi connectivity index (χ1n) is 6.99. The maximum absolute atomic E-state index is 12.6.